The molecule has 1 heterocycles. The van der Waals surface area contributed by atoms with Crippen LogP contribution in [0.4, 0.5) is 0 Å². The summed E-state index contributed by atoms with van der Waals surface area (Å²) in [6, 6.07) is 5.18. The molecule has 2 rings (SSSR count). The molecule has 0 saturated heterocycles. The van der Waals surface area contributed by atoms with E-state index in [0.717, 1.165) is 17.7 Å². The molecule has 0 spiro atoms. The van der Waals surface area contributed by atoms with Crippen molar-refractivity contribution in [3.8, 4) is 5.75 Å². The Bertz CT molecular complexity index is 403. The maximum absolute atomic E-state index is 11.8. The summed E-state index contributed by atoms with van der Waals surface area (Å²) in [6.07, 6.45) is 0.853. The molecule has 0 radical (unpaired) electrons. The highest BCUT2D eigenvalue weighted by atomic mass is 16.5. The molecule has 4 heteroatoms. The lowest BCUT2D eigenvalue weighted by Crippen LogP contribution is -2.34. The number of carbonyl (C=O) groups excluding carboxylic acids is 1. The molecule has 1 unspecified atom stereocenters. The summed E-state index contributed by atoms with van der Waals surface area (Å²) in [4.78, 5) is 11.8. The van der Waals surface area contributed by atoms with E-state index in [9.17, 15) is 4.79 Å². The second-order valence-corrected chi connectivity index (χ2v) is 3.98. The van der Waals surface area contributed by atoms with Gasteiger partial charge in [-0.3, -0.25) is 4.79 Å². The molecule has 1 aromatic carbocycles. The highest BCUT2D eigenvalue weighted by Crippen LogP contribution is 2.25. The van der Waals surface area contributed by atoms with E-state index in [1.165, 1.54) is 0 Å². The fourth-order valence-electron chi connectivity index (χ4n) is 1.68. The minimum absolute atomic E-state index is 0.0558. The largest absolute Gasteiger partial charge is 0.493 e. The zero-order valence-corrected chi connectivity index (χ0v) is 9.19. The summed E-state index contributed by atoms with van der Waals surface area (Å²) < 4.78 is 5.36. The Morgan fingerprint density at radius 1 is 1.62 bits per heavy atom. The fraction of sp³-hybridized carbons (Fsp3) is 0.417. The van der Waals surface area contributed by atoms with Crippen LogP contribution in [0.15, 0.2) is 18.2 Å². The number of nitrogens with one attached hydrogen (secondary N) is 1. The summed E-state index contributed by atoms with van der Waals surface area (Å²) in [5.41, 5.74) is 1.69. The first-order chi connectivity index (χ1) is 7.70. The summed E-state index contributed by atoms with van der Waals surface area (Å²) in [5.74, 6) is 0.711. The molecular weight excluding hydrogens is 206 g/mol. The maximum atomic E-state index is 11.8. The summed E-state index contributed by atoms with van der Waals surface area (Å²) in [6.45, 7) is 2.39. The van der Waals surface area contributed by atoms with Gasteiger partial charge in [0.2, 0.25) is 0 Å². The SMILES string of the molecule is CC(CO)NC(=O)c1ccc2c(c1)CCO2. The molecule has 1 aliphatic rings. The smallest absolute Gasteiger partial charge is 0.251 e. The quantitative estimate of drug-likeness (QED) is 0.791. The van der Waals surface area contributed by atoms with Crippen molar-refractivity contribution in [2.24, 2.45) is 0 Å². The highest BCUT2D eigenvalue weighted by molar-refractivity contribution is 5.94. The van der Waals surface area contributed by atoms with E-state index >= 15 is 0 Å². The molecule has 0 saturated carbocycles. The maximum Gasteiger partial charge on any atom is 0.251 e. The molecule has 0 aromatic heterocycles. The number of aliphatic hydroxyl groups excluding tert-OH is 1. The first-order valence-electron chi connectivity index (χ1n) is 5.38. The van der Waals surface area contributed by atoms with Crippen LogP contribution < -0.4 is 10.1 Å². The molecule has 1 amide bonds. The van der Waals surface area contributed by atoms with E-state index in [1.54, 1.807) is 13.0 Å². The van der Waals surface area contributed by atoms with Crippen molar-refractivity contribution >= 4 is 5.91 Å². The summed E-state index contributed by atoms with van der Waals surface area (Å²) in [7, 11) is 0. The molecule has 86 valence electrons. The molecule has 1 aromatic rings. The van der Waals surface area contributed by atoms with Crippen molar-refractivity contribution in [2.75, 3.05) is 13.2 Å². The molecule has 1 aliphatic heterocycles. The first kappa shape index (κ1) is 11.0. The van der Waals surface area contributed by atoms with Gasteiger partial charge in [0.05, 0.1) is 13.2 Å². The van der Waals surface area contributed by atoms with Crippen molar-refractivity contribution in [1.29, 1.82) is 0 Å². The molecule has 1 atom stereocenters. The molecule has 2 N–H and O–H groups in total. The van der Waals surface area contributed by atoms with Crippen LogP contribution in [-0.4, -0.2) is 30.3 Å². The van der Waals surface area contributed by atoms with E-state index in [1.807, 2.05) is 12.1 Å². The Balaban J connectivity index is 2.12. The van der Waals surface area contributed by atoms with E-state index in [4.69, 9.17) is 9.84 Å². The first-order valence-corrected chi connectivity index (χ1v) is 5.38. The monoisotopic (exact) mass is 221 g/mol. The summed E-state index contributed by atoms with van der Waals surface area (Å²) in [5, 5.41) is 11.6. The number of fused-ring (bicyclic) bond motifs is 1. The predicted molar refractivity (Wildman–Crippen MR) is 59.7 cm³/mol. The number of ether oxygens (including phenoxy) is 1. The fourth-order valence-corrected chi connectivity index (χ4v) is 1.68. The number of aliphatic hydroxyl groups is 1. The molecule has 0 aliphatic carbocycles. The van der Waals surface area contributed by atoms with E-state index in [-0.39, 0.29) is 18.6 Å². The van der Waals surface area contributed by atoms with Crippen LogP contribution in [0.1, 0.15) is 22.8 Å². The van der Waals surface area contributed by atoms with Crippen LogP contribution in [0, 0.1) is 0 Å². The number of rotatable bonds is 3. The van der Waals surface area contributed by atoms with Crippen molar-refractivity contribution in [1.82, 2.24) is 5.32 Å². The molecule has 4 nitrogen and oxygen atoms in total. The van der Waals surface area contributed by atoms with Gasteiger partial charge in [0.1, 0.15) is 5.75 Å². The lowest BCUT2D eigenvalue weighted by molar-refractivity contribution is 0.0922. The molecule has 0 bridgehead atoms. The normalized spacial score (nSPS) is 15.1. The van der Waals surface area contributed by atoms with Gasteiger partial charge in [0, 0.05) is 18.0 Å². The van der Waals surface area contributed by atoms with Gasteiger partial charge in [-0.25, -0.2) is 0 Å². The van der Waals surface area contributed by atoms with Crippen LogP contribution in [0.3, 0.4) is 0 Å². The Kier molecular flexibility index (Phi) is 3.10. The third-order valence-corrected chi connectivity index (χ3v) is 2.60. The van der Waals surface area contributed by atoms with Crippen molar-refractivity contribution in [3.05, 3.63) is 29.3 Å². The van der Waals surface area contributed by atoms with Crippen molar-refractivity contribution in [3.63, 3.8) is 0 Å². The van der Waals surface area contributed by atoms with Gasteiger partial charge in [-0.2, -0.15) is 0 Å². The number of hydrogen-bond donors (Lipinski definition) is 2. The molecule has 16 heavy (non-hydrogen) atoms. The Labute approximate surface area is 94.2 Å². The van der Waals surface area contributed by atoms with Gasteiger partial charge in [-0.15, -0.1) is 0 Å². The lowest BCUT2D eigenvalue weighted by atomic mass is 10.1. The number of carbonyl (C=O) groups is 1. The van der Waals surface area contributed by atoms with Crippen LogP contribution in [0.25, 0.3) is 0 Å². The molecule has 0 fully saturated rings. The third kappa shape index (κ3) is 2.17. The topological polar surface area (TPSA) is 58.6 Å². The lowest BCUT2D eigenvalue weighted by Gasteiger charge is -2.11. The number of amides is 1. The van der Waals surface area contributed by atoms with Gasteiger partial charge in [0.15, 0.2) is 0 Å². The van der Waals surface area contributed by atoms with Gasteiger partial charge >= 0.3 is 0 Å². The van der Waals surface area contributed by atoms with Gasteiger partial charge < -0.3 is 15.2 Å². The number of hydrogen-bond acceptors (Lipinski definition) is 3. The standard InChI is InChI=1S/C12H15NO3/c1-8(7-14)13-12(15)10-2-3-11-9(6-10)4-5-16-11/h2-3,6,8,14H,4-5,7H2,1H3,(H,13,15). The third-order valence-electron chi connectivity index (χ3n) is 2.60. The van der Waals surface area contributed by atoms with E-state index < -0.39 is 0 Å². The highest BCUT2D eigenvalue weighted by Gasteiger charge is 2.15. The second kappa shape index (κ2) is 4.53. The zero-order chi connectivity index (χ0) is 11.5. The predicted octanol–water partition coefficient (Wildman–Crippen LogP) is 0.732. The Hall–Kier alpha value is -1.55. The molecular formula is C12H15NO3. The average molecular weight is 221 g/mol. The second-order valence-electron chi connectivity index (χ2n) is 3.98. The van der Waals surface area contributed by atoms with Gasteiger partial charge in [-0.05, 0) is 30.7 Å². The van der Waals surface area contributed by atoms with Crippen LogP contribution in [0.2, 0.25) is 0 Å². The minimum atomic E-state index is -0.225. The summed E-state index contributed by atoms with van der Waals surface area (Å²) >= 11 is 0. The zero-order valence-electron chi connectivity index (χ0n) is 9.19. The van der Waals surface area contributed by atoms with E-state index in [2.05, 4.69) is 5.32 Å². The van der Waals surface area contributed by atoms with Gasteiger partial charge in [0.25, 0.3) is 5.91 Å². The van der Waals surface area contributed by atoms with Crippen molar-refractivity contribution < 1.29 is 14.6 Å². The Morgan fingerprint density at radius 2 is 2.44 bits per heavy atom. The minimum Gasteiger partial charge on any atom is -0.493 e. The van der Waals surface area contributed by atoms with Crippen LogP contribution in [0.5, 0.6) is 5.75 Å². The van der Waals surface area contributed by atoms with E-state index in [0.29, 0.717) is 12.2 Å². The van der Waals surface area contributed by atoms with Crippen LogP contribution >= 0.6 is 0 Å². The average Bonchev–Trinajstić information content (AvgIpc) is 2.75. The van der Waals surface area contributed by atoms with Crippen LogP contribution in [-0.2, 0) is 6.42 Å². The van der Waals surface area contributed by atoms with Gasteiger partial charge in [-0.1, -0.05) is 0 Å². The Morgan fingerprint density at radius 3 is 3.19 bits per heavy atom. The number of benzene rings is 1. The van der Waals surface area contributed by atoms with Crippen molar-refractivity contribution in [2.45, 2.75) is 19.4 Å².